The molecule has 0 N–H and O–H groups in total. The number of para-hydroxylation sites is 1. The molecule has 1 fully saturated rings. The molecule has 0 spiro atoms. The minimum atomic E-state index is 0.340. The van der Waals surface area contributed by atoms with Crippen molar-refractivity contribution in [2.75, 3.05) is 18.0 Å². The number of rotatable bonds is 1. The van der Waals surface area contributed by atoms with Gasteiger partial charge in [-0.2, -0.15) is 0 Å². The Kier molecular flexibility index (Phi) is 2.89. The van der Waals surface area contributed by atoms with Gasteiger partial charge in [-0.1, -0.05) is 18.2 Å². The van der Waals surface area contributed by atoms with Crippen LogP contribution in [0.25, 0.3) is 10.9 Å². The average Bonchev–Trinajstić information content (AvgIpc) is 2.39. The molecular formula is C14H15ClN2. The summed E-state index contributed by atoms with van der Waals surface area (Å²) in [5.74, 6) is 1.08. The predicted molar refractivity (Wildman–Crippen MR) is 72.8 cm³/mol. The van der Waals surface area contributed by atoms with Crippen LogP contribution in [-0.4, -0.2) is 23.5 Å². The van der Waals surface area contributed by atoms with Gasteiger partial charge in [0.2, 0.25) is 0 Å². The van der Waals surface area contributed by atoms with Crippen molar-refractivity contribution in [3.05, 3.63) is 36.4 Å². The summed E-state index contributed by atoms with van der Waals surface area (Å²) in [5, 5.41) is 1.54. The third kappa shape index (κ3) is 2.22. The summed E-state index contributed by atoms with van der Waals surface area (Å²) in [4.78, 5) is 7.03. The summed E-state index contributed by atoms with van der Waals surface area (Å²) in [6.07, 6.45) is 2.10. The van der Waals surface area contributed by atoms with Gasteiger partial charge in [-0.25, -0.2) is 4.98 Å². The van der Waals surface area contributed by atoms with Gasteiger partial charge < -0.3 is 4.90 Å². The van der Waals surface area contributed by atoms with Crippen LogP contribution in [0.4, 0.5) is 5.82 Å². The molecule has 0 atom stereocenters. The normalized spacial score (nSPS) is 17.6. The lowest BCUT2D eigenvalue weighted by Crippen LogP contribution is -2.34. The van der Waals surface area contributed by atoms with Crippen LogP contribution in [0.15, 0.2) is 36.4 Å². The Morgan fingerprint density at radius 3 is 2.65 bits per heavy atom. The van der Waals surface area contributed by atoms with E-state index in [4.69, 9.17) is 16.6 Å². The second-order valence-corrected chi connectivity index (χ2v) is 5.14. The summed E-state index contributed by atoms with van der Waals surface area (Å²) in [6, 6.07) is 12.5. The Morgan fingerprint density at radius 1 is 1.06 bits per heavy atom. The Balaban J connectivity index is 1.90. The monoisotopic (exact) mass is 246 g/mol. The van der Waals surface area contributed by atoms with Crippen LogP contribution in [0.3, 0.4) is 0 Å². The van der Waals surface area contributed by atoms with E-state index in [0.717, 1.165) is 37.3 Å². The number of pyridine rings is 1. The molecule has 3 rings (SSSR count). The lowest BCUT2D eigenvalue weighted by Gasteiger charge is -2.30. The van der Waals surface area contributed by atoms with Crippen molar-refractivity contribution in [3.8, 4) is 0 Å². The van der Waals surface area contributed by atoms with E-state index >= 15 is 0 Å². The number of halogens is 1. The van der Waals surface area contributed by atoms with Gasteiger partial charge in [0.25, 0.3) is 0 Å². The summed E-state index contributed by atoms with van der Waals surface area (Å²) < 4.78 is 0. The molecule has 0 unspecified atom stereocenters. The molecular weight excluding hydrogens is 232 g/mol. The van der Waals surface area contributed by atoms with Crippen molar-refractivity contribution in [1.29, 1.82) is 0 Å². The van der Waals surface area contributed by atoms with Gasteiger partial charge in [0.15, 0.2) is 0 Å². The molecule has 0 amide bonds. The van der Waals surface area contributed by atoms with Crippen LogP contribution >= 0.6 is 11.6 Å². The first-order chi connectivity index (χ1) is 8.33. The highest BCUT2D eigenvalue weighted by Crippen LogP contribution is 2.23. The maximum absolute atomic E-state index is 6.12. The highest BCUT2D eigenvalue weighted by molar-refractivity contribution is 6.20. The second-order valence-electron chi connectivity index (χ2n) is 4.52. The summed E-state index contributed by atoms with van der Waals surface area (Å²) in [6.45, 7) is 2.03. The van der Waals surface area contributed by atoms with Crippen molar-refractivity contribution < 1.29 is 0 Å². The molecule has 17 heavy (non-hydrogen) atoms. The van der Waals surface area contributed by atoms with E-state index in [1.807, 2.05) is 12.1 Å². The van der Waals surface area contributed by atoms with E-state index < -0.39 is 0 Å². The van der Waals surface area contributed by atoms with Crippen molar-refractivity contribution >= 4 is 28.3 Å². The number of fused-ring (bicyclic) bond motifs is 1. The van der Waals surface area contributed by atoms with Crippen LogP contribution in [-0.2, 0) is 0 Å². The summed E-state index contributed by atoms with van der Waals surface area (Å²) >= 11 is 6.12. The van der Waals surface area contributed by atoms with Crippen molar-refractivity contribution in [3.63, 3.8) is 0 Å². The molecule has 88 valence electrons. The first-order valence-corrected chi connectivity index (χ1v) is 6.51. The molecule has 1 aromatic carbocycles. The topological polar surface area (TPSA) is 16.1 Å². The standard InChI is InChI=1S/C14H15ClN2/c15-12-7-9-17(10-8-12)14-6-5-11-3-1-2-4-13(11)16-14/h1-6,12H,7-10H2. The molecule has 2 aromatic rings. The lowest BCUT2D eigenvalue weighted by atomic mass is 10.1. The van der Waals surface area contributed by atoms with E-state index in [1.165, 1.54) is 5.39 Å². The van der Waals surface area contributed by atoms with Gasteiger partial charge in [0.1, 0.15) is 5.82 Å². The van der Waals surface area contributed by atoms with Crippen molar-refractivity contribution in [1.82, 2.24) is 4.98 Å². The third-order valence-electron chi connectivity index (χ3n) is 3.33. The van der Waals surface area contributed by atoms with Crippen LogP contribution in [0.2, 0.25) is 0 Å². The van der Waals surface area contributed by atoms with E-state index in [1.54, 1.807) is 0 Å². The fourth-order valence-corrected chi connectivity index (χ4v) is 2.50. The molecule has 1 aliphatic rings. The average molecular weight is 247 g/mol. The fourth-order valence-electron chi connectivity index (χ4n) is 2.31. The molecule has 1 aliphatic heterocycles. The van der Waals surface area contributed by atoms with Crippen LogP contribution < -0.4 is 4.90 Å². The second kappa shape index (κ2) is 4.53. The number of piperidine rings is 1. The zero-order valence-corrected chi connectivity index (χ0v) is 10.4. The molecule has 0 radical (unpaired) electrons. The number of hydrogen-bond donors (Lipinski definition) is 0. The maximum Gasteiger partial charge on any atom is 0.129 e. The SMILES string of the molecule is ClC1CCN(c2ccc3ccccc3n2)CC1. The Labute approximate surface area is 106 Å². The Morgan fingerprint density at radius 2 is 1.82 bits per heavy atom. The van der Waals surface area contributed by atoms with Crippen LogP contribution in [0.1, 0.15) is 12.8 Å². The summed E-state index contributed by atoms with van der Waals surface area (Å²) in [7, 11) is 0. The molecule has 1 saturated heterocycles. The van der Waals surface area contributed by atoms with E-state index in [2.05, 4.69) is 29.2 Å². The Hall–Kier alpha value is -1.28. The van der Waals surface area contributed by atoms with Gasteiger partial charge in [0, 0.05) is 23.9 Å². The predicted octanol–water partition coefficient (Wildman–Crippen LogP) is 3.44. The first kappa shape index (κ1) is 10.8. The molecule has 0 saturated carbocycles. The Bertz CT molecular complexity index is 518. The first-order valence-electron chi connectivity index (χ1n) is 6.08. The number of benzene rings is 1. The van der Waals surface area contributed by atoms with E-state index in [-0.39, 0.29) is 0 Å². The van der Waals surface area contributed by atoms with E-state index in [0.29, 0.717) is 5.38 Å². The minimum absolute atomic E-state index is 0.340. The minimum Gasteiger partial charge on any atom is -0.356 e. The molecule has 1 aromatic heterocycles. The molecule has 0 aliphatic carbocycles. The van der Waals surface area contributed by atoms with Crippen LogP contribution in [0.5, 0.6) is 0 Å². The lowest BCUT2D eigenvalue weighted by molar-refractivity contribution is 0.581. The van der Waals surface area contributed by atoms with Gasteiger partial charge >= 0.3 is 0 Å². The maximum atomic E-state index is 6.12. The van der Waals surface area contributed by atoms with Crippen LogP contribution in [0, 0.1) is 0 Å². The molecule has 3 heteroatoms. The number of nitrogens with zero attached hydrogens (tertiary/aromatic N) is 2. The summed E-state index contributed by atoms with van der Waals surface area (Å²) in [5.41, 5.74) is 1.07. The van der Waals surface area contributed by atoms with E-state index in [9.17, 15) is 0 Å². The fraction of sp³-hybridized carbons (Fsp3) is 0.357. The molecule has 2 nitrogen and oxygen atoms in total. The van der Waals surface area contributed by atoms with Crippen molar-refractivity contribution in [2.24, 2.45) is 0 Å². The smallest absolute Gasteiger partial charge is 0.129 e. The highest BCUT2D eigenvalue weighted by atomic mass is 35.5. The zero-order valence-electron chi connectivity index (χ0n) is 9.64. The van der Waals surface area contributed by atoms with Gasteiger partial charge in [-0.3, -0.25) is 0 Å². The highest BCUT2D eigenvalue weighted by Gasteiger charge is 2.18. The van der Waals surface area contributed by atoms with Gasteiger partial charge in [-0.05, 0) is 31.0 Å². The number of hydrogen-bond acceptors (Lipinski definition) is 2. The zero-order chi connectivity index (χ0) is 11.7. The molecule has 0 bridgehead atoms. The van der Waals surface area contributed by atoms with Gasteiger partial charge in [-0.15, -0.1) is 11.6 Å². The molecule has 2 heterocycles. The third-order valence-corrected chi connectivity index (χ3v) is 3.77. The quantitative estimate of drug-likeness (QED) is 0.717. The van der Waals surface area contributed by atoms with Crippen molar-refractivity contribution in [2.45, 2.75) is 18.2 Å². The number of alkyl halides is 1. The van der Waals surface area contributed by atoms with Gasteiger partial charge in [0.05, 0.1) is 5.52 Å². The largest absolute Gasteiger partial charge is 0.356 e. The number of aromatic nitrogens is 1. The number of anilines is 1.